The van der Waals surface area contributed by atoms with E-state index < -0.39 is 0 Å². The second kappa shape index (κ2) is 14.8. The van der Waals surface area contributed by atoms with Crippen LogP contribution in [0.15, 0.2) is 36.4 Å². The molecule has 1 fully saturated rings. The number of esters is 1. The maximum atomic E-state index is 12.6. The number of amides is 1. The maximum absolute atomic E-state index is 12.6. The van der Waals surface area contributed by atoms with Gasteiger partial charge in [-0.2, -0.15) is 0 Å². The average Bonchev–Trinajstić information content (AvgIpc) is 2.94. The molecule has 1 amide bonds. The molecule has 9 heteroatoms. The van der Waals surface area contributed by atoms with E-state index in [1.54, 1.807) is 4.90 Å². The van der Waals surface area contributed by atoms with E-state index >= 15 is 0 Å². The summed E-state index contributed by atoms with van der Waals surface area (Å²) in [7, 11) is 0. The number of rotatable bonds is 13. The summed E-state index contributed by atoms with van der Waals surface area (Å²) in [5, 5.41) is 1.22. The number of hydrogen-bond acceptors (Lipinski definition) is 6. The van der Waals surface area contributed by atoms with Crippen LogP contribution in [0.25, 0.3) is 0 Å². The van der Waals surface area contributed by atoms with Crippen molar-refractivity contribution >= 4 is 46.5 Å². The van der Waals surface area contributed by atoms with Gasteiger partial charge in [-0.05, 0) is 56.0 Å². The second-order valence-electron chi connectivity index (χ2n) is 10.2. The van der Waals surface area contributed by atoms with Gasteiger partial charge in [0, 0.05) is 45.1 Å². The highest BCUT2D eigenvalue weighted by Gasteiger charge is 2.26. The zero-order valence-electron chi connectivity index (χ0n) is 22.8. The molecule has 1 saturated heterocycles. The van der Waals surface area contributed by atoms with Gasteiger partial charge in [-0.3, -0.25) is 19.4 Å². The standard InChI is InChI=1S/C30H39Cl2N3O4/c1-2-3-4-10-29(37)39-22-35-27-21-24(13-11-23(27)12-14-28(35)36)38-20-6-5-15-33-16-18-34(19-17-33)26-9-7-8-25(31)30(26)32/h7-9,11,13,21H,2-6,10,12,14-20,22H2,1H3. The van der Waals surface area contributed by atoms with E-state index in [1.807, 2.05) is 36.4 Å². The number of carbonyl (C=O) groups is 2. The zero-order chi connectivity index (χ0) is 27.6. The van der Waals surface area contributed by atoms with Crippen LogP contribution in [0.3, 0.4) is 0 Å². The Morgan fingerprint density at radius 1 is 0.949 bits per heavy atom. The van der Waals surface area contributed by atoms with Gasteiger partial charge < -0.3 is 14.4 Å². The van der Waals surface area contributed by atoms with Gasteiger partial charge in [0.05, 0.1) is 28.0 Å². The molecule has 2 aliphatic rings. The number of ether oxygens (including phenoxy) is 2. The molecule has 0 bridgehead atoms. The number of halogens is 2. The first-order chi connectivity index (χ1) is 19.0. The van der Waals surface area contributed by atoms with E-state index in [2.05, 4.69) is 16.7 Å². The molecule has 0 radical (unpaired) electrons. The Balaban J connectivity index is 1.19. The van der Waals surface area contributed by atoms with Crippen molar-refractivity contribution in [3.05, 3.63) is 52.0 Å². The van der Waals surface area contributed by atoms with Crippen molar-refractivity contribution in [2.75, 3.05) is 55.9 Å². The molecule has 2 heterocycles. The number of piperazine rings is 1. The lowest BCUT2D eigenvalue weighted by Crippen LogP contribution is -2.46. The minimum atomic E-state index is -0.259. The Kier molecular flexibility index (Phi) is 11.2. The minimum absolute atomic E-state index is 0.0289. The molecule has 0 unspecified atom stereocenters. The fraction of sp³-hybridized carbons (Fsp3) is 0.533. The summed E-state index contributed by atoms with van der Waals surface area (Å²) in [6, 6.07) is 11.7. The van der Waals surface area contributed by atoms with Crippen LogP contribution in [0, 0.1) is 0 Å². The molecule has 0 N–H and O–H groups in total. The molecule has 0 spiro atoms. The number of nitrogens with zero attached hydrogens (tertiary/aromatic N) is 3. The van der Waals surface area contributed by atoms with E-state index in [4.69, 9.17) is 32.7 Å². The van der Waals surface area contributed by atoms with E-state index in [0.717, 1.165) is 87.5 Å². The summed E-state index contributed by atoms with van der Waals surface area (Å²) in [6.45, 7) is 7.51. The number of anilines is 2. The smallest absolute Gasteiger partial charge is 0.307 e. The lowest BCUT2D eigenvalue weighted by molar-refractivity contribution is -0.144. The van der Waals surface area contributed by atoms with Gasteiger partial charge >= 0.3 is 5.97 Å². The van der Waals surface area contributed by atoms with Crippen LogP contribution in [0.2, 0.25) is 10.0 Å². The summed E-state index contributed by atoms with van der Waals surface area (Å²) in [6.07, 6.45) is 6.33. The molecule has 0 atom stereocenters. The number of benzene rings is 2. The van der Waals surface area contributed by atoms with Crippen molar-refractivity contribution < 1.29 is 19.1 Å². The molecule has 0 saturated carbocycles. The highest BCUT2D eigenvalue weighted by Crippen LogP contribution is 2.33. The fourth-order valence-electron chi connectivity index (χ4n) is 5.05. The van der Waals surface area contributed by atoms with Gasteiger partial charge in [-0.15, -0.1) is 0 Å². The highest BCUT2D eigenvalue weighted by atomic mass is 35.5. The van der Waals surface area contributed by atoms with Crippen molar-refractivity contribution in [3.8, 4) is 5.75 Å². The van der Waals surface area contributed by atoms with Crippen LogP contribution in [-0.2, 0) is 20.7 Å². The topological polar surface area (TPSA) is 62.3 Å². The first-order valence-electron chi connectivity index (χ1n) is 14.1. The Morgan fingerprint density at radius 2 is 1.77 bits per heavy atom. The third kappa shape index (κ3) is 8.26. The largest absolute Gasteiger partial charge is 0.494 e. The van der Waals surface area contributed by atoms with E-state index in [0.29, 0.717) is 35.9 Å². The van der Waals surface area contributed by atoms with E-state index in [9.17, 15) is 9.59 Å². The maximum Gasteiger partial charge on any atom is 0.307 e. The molecule has 0 aromatic heterocycles. The molecule has 0 aliphatic carbocycles. The van der Waals surface area contributed by atoms with Crippen molar-refractivity contribution in [1.29, 1.82) is 0 Å². The first kappa shape index (κ1) is 29.5. The number of carbonyl (C=O) groups excluding carboxylic acids is 2. The Bertz CT molecular complexity index is 1120. The Hall–Kier alpha value is -2.48. The minimum Gasteiger partial charge on any atom is -0.494 e. The highest BCUT2D eigenvalue weighted by molar-refractivity contribution is 6.43. The zero-order valence-corrected chi connectivity index (χ0v) is 24.3. The molecule has 2 aromatic carbocycles. The quantitative estimate of drug-likeness (QED) is 0.205. The molecule has 2 aromatic rings. The monoisotopic (exact) mass is 575 g/mol. The van der Waals surface area contributed by atoms with Gasteiger partial charge in [0.2, 0.25) is 5.91 Å². The average molecular weight is 577 g/mol. The Morgan fingerprint density at radius 3 is 2.56 bits per heavy atom. The van der Waals surface area contributed by atoms with Crippen LogP contribution < -0.4 is 14.5 Å². The van der Waals surface area contributed by atoms with Crippen molar-refractivity contribution in [2.24, 2.45) is 0 Å². The van der Waals surface area contributed by atoms with Gasteiger partial charge in [0.1, 0.15) is 5.75 Å². The summed E-state index contributed by atoms with van der Waals surface area (Å²) in [5.41, 5.74) is 2.86. The molecule has 39 heavy (non-hydrogen) atoms. The lowest BCUT2D eigenvalue weighted by atomic mass is 10.0. The third-order valence-corrected chi connectivity index (χ3v) is 8.19. The van der Waals surface area contributed by atoms with Gasteiger partial charge in [-0.25, -0.2) is 0 Å². The predicted molar refractivity (Wildman–Crippen MR) is 157 cm³/mol. The molecule has 212 valence electrons. The molecular formula is C30H39Cl2N3O4. The van der Waals surface area contributed by atoms with Crippen LogP contribution >= 0.6 is 23.2 Å². The summed E-state index contributed by atoms with van der Waals surface area (Å²) >= 11 is 12.6. The van der Waals surface area contributed by atoms with Crippen LogP contribution in [0.4, 0.5) is 11.4 Å². The summed E-state index contributed by atoms with van der Waals surface area (Å²) in [4.78, 5) is 31.0. The molecule has 4 rings (SSSR count). The SMILES string of the molecule is CCCCCC(=O)OCN1C(=O)CCc2ccc(OCCCCN3CCN(c4cccc(Cl)c4Cl)CC3)cc21. The normalized spacial score (nSPS) is 15.8. The van der Waals surface area contributed by atoms with Gasteiger partial charge in [0.15, 0.2) is 6.73 Å². The van der Waals surface area contributed by atoms with Crippen molar-refractivity contribution in [2.45, 2.75) is 58.3 Å². The molecule has 2 aliphatic heterocycles. The Labute approximate surface area is 241 Å². The van der Waals surface area contributed by atoms with E-state index in [1.165, 1.54) is 0 Å². The van der Waals surface area contributed by atoms with Crippen LogP contribution in [0.5, 0.6) is 5.75 Å². The van der Waals surface area contributed by atoms with Crippen LogP contribution in [-0.4, -0.2) is 62.8 Å². The predicted octanol–water partition coefficient (Wildman–Crippen LogP) is 6.33. The van der Waals surface area contributed by atoms with E-state index in [-0.39, 0.29) is 18.6 Å². The molecular weight excluding hydrogens is 537 g/mol. The number of unbranched alkanes of at least 4 members (excludes halogenated alkanes) is 3. The van der Waals surface area contributed by atoms with Crippen molar-refractivity contribution in [1.82, 2.24) is 4.90 Å². The summed E-state index contributed by atoms with van der Waals surface area (Å²) in [5.74, 6) is 0.443. The second-order valence-corrected chi connectivity index (χ2v) is 11.0. The fourth-order valence-corrected chi connectivity index (χ4v) is 5.47. The van der Waals surface area contributed by atoms with Crippen molar-refractivity contribution in [3.63, 3.8) is 0 Å². The first-order valence-corrected chi connectivity index (χ1v) is 14.8. The van der Waals surface area contributed by atoms with Crippen LogP contribution in [0.1, 0.15) is 57.4 Å². The van der Waals surface area contributed by atoms with Gasteiger partial charge in [-0.1, -0.05) is 55.1 Å². The molecule has 7 nitrogen and oxygen atoms in total. The lowest BCUT2D eigenvalue weighted by Gasteiger charge is -2.36. The number of hydrogen-bond donors (Lipinski definition) is 0. The number of aryl methyl sites for hydroxylation is 1. The van der Waals surface area contributed by atoms with Gasteiger partial charge in [0.25, 0.3) is 0 Å². The summed E-state index contributed by atoms with van der Waals surface area (Å²) < 4.78 is 11.4. The number of fused-ring (bicyclic) bond motifs is 1. The third-order valence-electron chi connectivity index (χ3n) is 7.38.